The Morgan fingerprint density at radius 2 is 2.12 bits per heavy atom. The van der Waals surface area contributed by atoms with Gasteiger partial charge in [0.2, 0.25) is 5.89 Å². The Hall–Kier alpha value is -2.41. The Labute approximate surface area is 146 Å². The van der Waals surface area contributed by atoms with Crippen LogP contribution in [0, 0.1) is 0 Å². The topological polar surface area (TPSA) is 86.5 Å². The van der Waals surface area contributed by atoms with E-state index in [1.165, 1.54) is 0 Å². The maximum atomic E-state index is 12.2. The summed E-state index contributed by atoms with van der Waals surface area (Å²) in [6.45, 7) is 3.54. The van der Waals surface area contributed by atoms with Crippen LogP contribution in [0.1, 0.15) is 61.4 Å². The number of rotatable bonds is 8. The molecule has 7 nitrogen and oxygen atoms in total. The molecule has 1 saturated heterocycles. The van der Waals surface area contributed by atoms with E-state index in [1.54, 1.807) is 24.3 Å². The number of nitrogens with zero attached hydrogens (tertiary/aromatic N) is 2. The summed E-state index contributed by atoms with van der Waals surface area (Å²) in [5, 5.41) is 10.4. The number of unbranched alkanes of at least 4 members (excludes halogenated alkanes) is 2. The van der Waals surface area contributed by atoms with Crippen LogP contribution in [0.3, 0.4) is 0 Å². The molecule has 0 saturated carbocycles. The average molecular weight is 345 g/mol. The van der Waals surface area contributed by atoms with Crippen molar-refractivity contribution < 1.29 is 18.7 Å². The fraction of sp³-hybridized carbons (Fsp3) is 0.500. The molecule has 2 heterocycles. The maximum absolute atomic E-state index is 12.2. The summed E-state index contributed by atoms with van der Waals surface area (Å²) in [4.78, 5) is 12.2. The van der Waals surface area contributed by atoms with Gasteiger partial charge in [0.05, 0.1) is 6.61 Å². The van der Waals surface area contributed by atoms with Crippen LogP contribution in [0.5, 0.6) is 5.75 Å². The quantitative estimate of drug-likeness (QED) is 0.733. The predicted molar refractivity (Wildman–Crippen MR) is 91.6 cm³/mol. The van der Waals surface area contributed by atoms with Gasteiger partial charge in [-0.05, 0) is 43.5 Å². The van der Waals surface area contributed by atoms with E-state index < -0.39 is 0 Å². The Balaban J connectivity index is 1.52. The first kappa shape index (κ1) is 17.4. The first-order chi connectivity index (χ1) is 12.3. The van der Waals surface area contributed by atoms with Crippen molar-refractivity contribution in [2.75, 3.05) is 18.5 Å². The largest absolute Gasteiger partial charge is 0.494 e. The third-order valence-corrected chi connectivity index (χ3v) is 4.00. The van der Waals surface area contributed by atoms with Crippen molar-refractivity contribution >= 4 is 11.9 Å². The van der Waals surface area contributed by atoms with Gasteiger partial charge in [-0.2, -0.15) is 0 Å². The molecule has 1 aliphatic rings. The van der Waals surface area contributed by atoms with Crippen LogP contribution in [0.4, 0.5) is 6.01 Å². The normalized spacial score (nSPS) is 16.8. The first-order valence-electron chi connectivity index (χ1n) is 8.75. The smallest absolute Gasteiger partial charge is 0.322 e. The van der Waals surface area contributed by atoms with E-state index in [0.29, 0.717) is 24.7 Å². The molecule has 2 aromatic rings. The van der Waals surface area contributed by atoms with Gasteiger partial charge in [-0.3, -0.25) is 10.1 Å². The molecule has 1 aromatic heterocycles. The number of anilines is 1. The monoisotopic (exact) mass is 345 g/mol. The van der Waals surface area contributed by atoms with Crippen LogP contribution in [0.25, 0.3) is 0 Å². The molecule has 1 amide bonds. The fourth-order valence-corrected chi connectivity index (χ4v) is 2.60. The van der Waals surface area contributed by atoms with Gasteiger partial charge in [0.1, 0.15) is 11.9 Å². The molecule has 0 spiro atoms. The molecule has 3 rings (SSSR count). The van der Waals surface area contributed by atoms with E-state index in [4.69, 9.17) is 13.9 Å². The molecule has 0 bridgehead atoms. The predicted octanol–water partition coefficient (Wildman–Crippen LogP) is 3.74. The van der Waals surface area contributed by atoms with Crippen LogP contribution < -0.4 is 10.1 Å². The van der Waals surface area contributed by atoms with E-state index in [0.717, 1.165) is 37.9 Å². The molecule has 1 N–H and O–H groups in total. The average Bonchev–Trinajstić information content (AvgIpc) is 3.30. The molecule has 1 unspecified atom stereocenters. The van der Waals surface area contributed by atoms with E-state index >= 15 is 0 Å². The van der Waals surface area contributed by atoms with Crippen LogP contribution in [0.15, 0.2) is 28.7 Å². The number of amides is 1. The van der Waals surface area contributed by atoms with Crippen molar-refractivity contribution in [1.82, 2.24) is 10.2 Å². The van der Waals surface area contributed by atoms with Gasteiger partial charge < -0.3 is 13.9 Å². The highest BCUT2D eigenvalue weighted by atomic mass is 16.5. The highest BCUT2D eigenvalue weighted by molar-refractivity contribution is 6.03. The van der Waals surface area contributed by atoms with Crippen LogP contribution in [0.2, 0.25) is 0 Å². The molecule has 134 valence electrons. The zero-order valence-electron chi connectivity index (χ0n) is 14.4. The molecular weight excluding hydrogens is 322 g/mol. The lowest BCUT2D eigenvalue weighted by molar-refractivity contribution is 0.0893. The van der Waals surface area contributed by atoms with E-state index in [2.05, 4.69) is 22.4 Å². The number of benzene rings is 1. The Morgan fingerprint density at radius 3 is 2.84 bits per heavy atom. The zero-order valence-corrected chi connectivity index (χ0v) is 14.4. The molecule has 1 fully saturated rings. The second-order valence-corrected chi connectivity index (χ2v) is 5.98. The number of ether oxygens (including phenoxy) is 2. The standard InChI is InChI=1S/C18H23N3O4/c1-2-3-4-11-23-14-9-7-13(8-10-14)16(22)19-18-21-20-17(25-18)15-6-5-12-24-15/h7-10,15H,2-6,11-12H2,1H3,(H,19,21,22). The first-order valence-corrected chi connectivity index (χ1v) is 8.75. The number of hydrogen-bond donors (Lipinski definition) is 1. The Kier molecular flexibility index (Phi) is 6.00. The minimum absolute atomic E-state index is 0.0791. The van der Waals surface area contributed by atoms with Gasteiger partial charge >= 0.3 is 6.01 Å². The lowest BCUT2D eigenvalue weighted by atomic mass is 10.2. The van der Waals surface area contributed by atoms with Gasteiger partial charge in [-0.25, -0.2) is 0 Å². The second-order valence-electron chi connectivity index (χ2n) is 5.98. The Morgan fingerprint density at radius 1 is 1.28 bits per heavy atom. The Bertz CT molecular complexity index is 678. The van der Waals surface area contributed by atoms with Crippen LogP contribution in [-0.2, 0) is 4.74 Å². The van der Waals surface area contributed by atoms with Crippen LogP contribution in [-0.4, -0.2) is 29.3 Å². The summed E-state index contributed by atoms with van der Waals surface area (Å²) in [6.07, 6.45) is 5.01. The van der Waals surface area contributed by atoms with Gasteiger partial charge in [0.15, 0.2) is 0 Å². The third kappa shape index (κ3) is 4.79. The van der Waals surface area contributed by atoms with E-state index in [-0.39, 0.29) is 18.0 Å². The minimum Gasteiger partial charge on any atom is -0.494 e. The number of aromatic nitrogens is 2. The van der Waals surface area contributed by atoms with Crippen molar-refractivity contribution in [3.63, 3.8) is 0 Å². The van der Waals surface area contributed by atoms with Gasteiger partial charge in [-0.15, -0.1) is 5.10 Å². The highest BCUT2D eigenvalue weighted by Gasteiger charge is 2.24. The number of hydrogen-bond acceptors (Lipinski definition) is 6. The van der Waals surface area contributed by atoms with Gasteiger partial charge in [-0.1, -0.05) is 24.9 Å². The zero-order chi connectivity index (χ0) is 17.5. The molecule has 1 aromatic carbocycles. The third-order valence-electron chi connectivity index (χ3n) is 4.00. The molecule has 1 atom stereocenters. The molecule has 0 radical (unpaired) electrons. The SMILES string of the molecule is CCCCCOc1ccc(C(=O)Nc2nnc(C3CCCO3)o2)cc1. The molecule has 7 heteroatoms. The molecule has 25 heavy (non-hydrogen) atoms. The summed E-state index contributed by atoms with van der Waals surface area (Å²) < 4.78 is 16.6. The summed E-state index contributed by atoms with van der Waals surface area (Å²) >= 11 is 0. The summed E-state index contributed by atoms with van der Waals surface area (Å²) in [7, 11) is 0. The lowest BCUT2D eigenvalue weighted by Crippen LogP contribution is -2.12. The van der Waals surface area contributed by atoms with Crippen molar-refractivity contribution in [2.24, 2.45) is 0 Å². The van der Waals surface area contributed by atoms with E-state index in [9.17, 15) is 4.79 Å². The van der Waals surface area contributed by atoms with Crippen molar-refractivity contribution in [3.8, 4) is 5.75 Å². The van der Waals surface area contributed by atoms with Gasteiger partial charge in [0, 0.05) is 12.2 Å². The minimum atomic E-state index is -0.305. The summed E-state index contributed by atoms with van der Waals surface area (Å²) in [5.74, 6) is 0.856. The fourth-order valence-electron chi connectivity index (χ4n) is 2.60. The van der Waals surface area contributed by atoms with Crippen molar-refractivity contribution in [1.29, 1.82) is 0 Å². The number of nitrogens with one attached hydrogen (secondary N) is 1. The lowest BCUT2D eigenvalue weighted by Gasteiger charge is -2.06. The summed E-state index contributed by atoms with van der Waals surface area (Å²) in [5.41, 5.74) is 0.498. The van der Waals surface area contributed by atoms with Crippen LogP contribution >= 0.6 is 0 Å². The molecular formula is C18H23N3O4. The summed E-state index contributed by atoms with van der Waals surface area (Å²) in [6, 6.07) is 7.07. The van der Waals surface area contributed by atoms with Gasteiger partial charge in [0.25, 0.3) is 5.91 Å². The second kappa shape index (κ2) is 8.62. The molecule has 1 aliphatic heterocycles. The van der Waals surface area contributed by atoms with Crippen molar-refractivity contribution in [3.05, 3.63) is 35.7 Å². The number of carbonyl (C=O) groups excluding carboxylic acids is 1. The van der Waals surface area contributed by atoms with E-state index in [1.807, 2.05) is 0 Å². The highest BCUT2D eigenvalue weighted by Crippen LogP contribution is 2.28. The maximum Gasteiger partial charge on any atom is 0.322 e. The van der Waals surface area contributed by atoms with Crippen molar-refractivity contribution in [2.45, 2.75) is 45.1 Å². The number of carbonyl (C=O) groups is 1. The molecule has 0 aliphatic carbocycles.